The Hall–Kier alpha value is -2.75. The first-order valence-corrected chi connectivity index (χ1v) is 14.7. The molecule has 4 saturated heterocycles. The topological polar surface area (TPSA) is 92.3 Å². The second-order valence-corrected chi connectivity index (χ2v) is 12.4. The normalized spacial score (nSPS) is 35.9. The fourth-order valence-corrected chi connectivity index (χ4v) is 7.10. The predicted octanol–water partition coefficient (Wildman–Crippen LogP) is 5.94. The summed E-state index contributed by atoms with van der Waals surface area (Å²) in [5.41, 5.74) is 0.725. The zero-order valence-electron chi connectivity index (χ0n) is 23.5. The monoisotopic (exact) mass is 581 g/mol. The number of hydrogen-bond donors (Lipinski definition) is 1. The summed E-state index contributed by atoms with van der Waals surface area (Å²) < 4.78 is 18.5. The van der Waals surface area contributed by atoms with E-state index in [1.165, 1.54) is 6.08 Å². The van der Waals surface area contributed by atoms with Gasteiger partial charge in [-0.1, -0.05) is 43.7 Å². The van der Waals surface area contributed by atoms with Crippen molar-refractivity contribution >= 4 is 29.4 Å². The lowest BCUT2D eigenvalue weighted by Gasteiger charge is -2.60. The molecule has 1 aliphatic carbocycles. The summed E-state index contributed by atoms with van der Waals surface area (Å²) in [5.74, 6) is 0.0330. The molecule has 5 fully saturated rings. The van der Waals surface area contributed by atoms with E-state index in [-0.39, 0.29) is 36.1 Å². The first-order chi connectivity index (χ1) is 19.7. The Labute approximate surface area is 245 Å². The van der Waals surface area contributed by atoms with E-state index in [0.717, 1.165) is 31.2 Å². The predicted molar refractivity (Wildman–Crippen MR) is 152 cm³/mol. The molecule has 2 aromatic rings. The summed E-state index contributed by atoms with van der Waals surface area (Å²) in [6, 6.07) is 13.9. The molecule has 2 aromatic carbocycles. The van der Waals surface area contributed by atoms with Crippen molar-refractivity contribution in [3.05, 3.63) is 70.8 Å². The van der Waals surface area contributed by atoms with Crippen molar-refractivity contribution in [2.75, 3.05) is 6.61 Å². The van der Waals surface area contributed by atoms with Crippen LogP contribution in [0.25, 0.3) is 6.08 Å². The van der Waals surface area contributed by atoms with Crippen LogP contribution in [0.5, 0.6) is 5.75 Å². The van der Waals surface area contributed by atoms with Gasteiger partial charge in [-0.15, -0.1) is 0 Å². The molecule has 41 heavy (non-hydrogen) atoms. The maximum absolute atomic E-state index is 12.9. The van der Waals surface area contributed by atoms with Crippen molar-refractivity contribution in [1.82, 2.24) is 5.32 Å². The summed E-state index contributed by atoms with van der Waals surface area (Å²) >= 11 is 5.91. The standard InChI is InChI=1S/C32H36ClNO7/c1-19-4-14-26-20(2)29(38-30-32(26)25(19)16-17-31(3,39-30)40-41-32)34-28(36)18-37-24-12-8-22(9-13-24)27(35)15-7-21-5-10-23(33)11-6-21/h5-13,15,19-20,25-26,29-30H,4,14,16-18H2,1-3H3,(H,34,36)/b15-7+/t19-,20-,25+,26+,29-,30-,31-,32-/m1/s1. The number of nitrogens with one attached hydrogen (secondary N) is 1. The zero-order valence-corrected chi connectivity index (χ0v) is 24.3. The molecule has 7 rings (SSSR count). The fraction of sp³-hybridized carbons (Fsp3) is 0.500. The molecule has 4 aliphatic heterocycles. The first kappa shape index (κ1) is 28.4. The molecule has 0 aromatic heterocycles. The van der Waals surface area contributed by atoms with Gasteiger partial charge in [0.15, 0.2) is 24.3 Å². The Morgan fingerprint density at radius 3 is 2.54 bits per heavy atom. The van der Waals surface area contributed by atoms with Gasteiger partial charge in [-0.3, -0.25) is 9.59 Å². The molecule has 4 heterocycles. The third-order valence-electron chi connectivity index (χ3n) is 9.27. The molecule has 1 amide bonds. The summed E-state index contributed by atoms with van der Waals surface area (Å²) in [5, 5.41) is 3.65. The van der Waals surface area contributed by atoms with E-state index in [2.05, 4.69) is 19.2 Å². The number of halogens is 1. The van der Waals surface area contributed by atoms with Crippen LogP contribution < -0.4 is 10.1 Å². The number of ketones is 1. The van der Waals surface area contributed by atoms with Crippen LogP contribution >= 0.6 is 11.6 Å². The highest BCUT2D eigenvalue weighted by molar-refractivity contribution is 6.30. The average molecular weight is 582 g/mol. The van der Waals surface area contributed by atoms with Crippen LogP contribution in [0.1, 0.15) is 62.4 Å². The first-order valence-electron chi connectivity index (χ1n) is 14.4. The van der Waals surface area contributed by atoms with Crippen molar-refractivity contribution in [3.8, 4) is 5.75 Å². The van der Waals surface area contributed by atoms with Crippen LogP contribution in [-0.4, -0.2) is 42.2 Å². The number of hydrogen-bond acceptors (Lipinski definition) is 7. The van der Waals surface area contributed by atoms with Crippen molar-refractivity contribution in [2.45, 2.75) is 70.4 Å². The number of benzene rings is 2. The van der Waals surface area contributed by atoms with Gasteiger partial charge in [0.2, 0.25) is 5.79 Å². The van der Waals surface area contributed by atoms with Crippen LogP contribution in [0.2, 0.25) is 5.02 Å². The Morgan fingerprint density at radius 1 is 1.02 bits per heavy atom. The molecule has 1 saturated carbocycles. The number of carbonyl (C=O) groups excluding carboxylic acids is 2. The minimum atomic E-state index is -0.866. The van der Waals surface area contributed by atoms with E-state index in [9.17, 15) is 9.59 Å². The number of rotatable bonds is 7. The van der Waals surface area contributed by atoms with E-state index >= 15 is 0 Å². The molecule has 218 valence electrons. The van der Waals surface area contributed by atoms with Crippen LogP contribution in [0.15, 0.2) is 54.6 Å². The van der Waals surface area contributed by atoms with Crippen molar-refractivity contribution in [1.29, 1.82) is 0 Å². The van der Waals surface area contributed by atoms with Gasteiger partial charge in [-0.25, -0.2) is 9.78 Å². The number of amides is 1. The fourth-order valence-electron chi connectivity index (χ4n) is 6.98. The summed E-state index contributed by atoms with van der Waals surface area (Å²) in [4.78, 5) is 37.5. The maximum atomic E-state index is 12.9. The molecular weight excluding hydrogens is 546 g/mol. The van der Waals surface area contributed by atoms with Crippen LogP contribution in [0.4, 0.5) is 0 Å². The molecule has 8 nitrogen and oxygen atoms in total. The molecule has 0 radical (unpaired) electrons. The second-order valence-electron chi connectivity index (χ2n) is 12.0. The summed E-state index contributed by atoms with van der Waals surface area (Å²) in [6.07, 6.45) is 5.81. The Morgan fingerprint density at radius 2 is 1.78 bits per heavy atom. The highest BCUT2D eigenvalue weighted by Crippen LogP contribution is 2.60. The molecule has 5 aliphatic rings. The van der Waals surface area contributed by atoms with Gasteiger partial charge >= 0.3 is 0 Å². The van der Waals surface area contributed by atoms with Crippen LogP contribution in [-0.2, 0) is 24.0 Å². The molecule has 8 atom stereocenters. The van der Waals surface area contributed by atoms with Gasteiger partial charge in [0.1, 0.15) is 12.0 Å². The van der Waals surface area contributed by atoms with Crippen molar-refractivity contribution in [3.63, 3.8) is 0 Å². The van der Waals surface area contributed by atoms with E-state index in [0.29, 0.717) is 22.3 Å². The van der Waals surface area contributed by atoms with E-state index in [4.69, 9.17) is 35.6 Å². The van der Waals surface area contributed by atoms with Gasteiger partial charge in [0.05, 0.1) is 0 Å². The molecule has 9 heteroatoms. The van der Waals surface area contributed by atoms with E-state index < -0.39 is 23.9 Å². The highest BCUT2D eigenvalue weighted by Gasteiger charge is 2.69. The van der Waals surface area contributed by atoms with E-state index in [1.54, 1.807) is 42.5 Å². The van der Waals surface area contributed by atoms with Gasteiger partial charge in [-0.2, -0.15) is 0 Å². The number of allylic oxidation sites excluding steroid dienone is 1. The minimum absolute atomic E-state index is 0.00826. The lowest BCUT2D eigenvalue weighted by molar-refractivity contribution is -0.571. The van der Waals surface area contributed by atoms with Crippen LogP contribution in [0.3, 0.4) is 0 Å². The van der Waals surface area contributed by atoms with Gasteiger partial charge in [-0.05, 0) is 86.1 Å². The van der Waals surface area contributed by atoms with Gasteiger partial charge < -0.3 is 19.5 Å². The van der Waals surface area contributed by atoms with Crippen LogP contribution in [0, 0.1) is 23.7 Å². The summed E-state index contributed by atoms with van der Waals surface area (Å²) in [6.45, 7) is 6.06. The minimum Gasteiger partial charge on any atom is -0.484 e. The van der Waals surface area contributed by atoms with Crippen molar-refractivity contribution < 1.29 is 33.6 Å². The molecule has 1 N–H and O–H groups in total. The van der Waals surface area contributed by atoms with Crippen molar-refractivity contribution in [2.24, 2.45) is 23.7 Å². The largest absolute Gasteiger partial charge is 0.484 e. The highest BCUT2D eigenvalue weighted by atomic mass is 35.5. The Bertz CT molecular complexity index is 1310. The number of carbonyl (C=O) groups is 2. The molecule has 0 unspecified atom stereocenters. The SMILES string of the molecule is C[C@H]1[C@H](NC(=O)COc2ccc(C(=O)/C=C/c3ccc(Cl)cc3)cc2)O[C@@H]2O[C@@]3(C)CC[C@H]4[C@H](C)CC[C@@H]1[C@@]24OO3. The summed E-state index contributed by atoms with van der Waals surface area (Å²) in [7, 11) is 0. The maximum Gasteiger partial charge on any atom is 0.259 e. The quantitative estimate of drug-likeness (QED) is 0.246. The molecule has 1 spiro atoms. The lowest BCUT2D eigenvalue weighted by atomic mass is 9.58. The van der Waals surface area contributed by atoms with E-state index in [1.807, 2.05) is 19.1 Å². The third-order valence-corrected chi connectivity index (χ3v) is 9.52. The lowest BCUT2D eigenvalue weighted by Crippen LogP contribution is -2.72. The number of fused-ring (bicyclic) bond motifs is 2. The average Bonchev–Trinajstić information content (AvgIpc) is 3.20. The Balaban J connectivity index is 1.06. The number of ether oxygens (including phenoxy) is 3. The molecule has 2 bridgehead atoms. The van der Waals surface area contributed by atoms with Gasteiger partial charge in [0, 0.05) is 28.8 Å². The van der Waals surface area contributed by atoms with Gasteiger partial charge in [0.25, 0.3) is 5.91 Å². The third kappa shape index (κ3) is 5.44. The smallest absolute Gasteiger partial charge is 0.259 e. The molecular formula is C32H36ClNO7. The zero-order chi connectivity index (χ0) is 28.8. The Kier molecular flexibility index (Phi) is 7.72. The second kappa shape index (κ2) is 11.2.